The minimum atomic E-state index is 0.384. The molecule has 84 valence electrons. The molecule has 2 atom stereocenters. The van der Waals surface area contributed by atoms with E-state index in [1.165, 1.54) is 32.1 Å². The van der Waals surface area contributed by atoms with E-state index in [9.17, 15) is 0 Å². The van der Waals surface area contributed by atoms with Crippen molar-refractivity contribution in [3.63, 3.8) is 0 Å². The summed E-state index contributed by atoms with van der Waals surface area (Å²) in [5.74, 6) is 0.881. The largest absolute Gasteiger partial charge is 0.382 e. The van der Waals surface area contributed by atoms with Crippen LogP contribution in [0.4, 0.5) is 0 Å². The molecule has 1 N–H and O–H groups in total. The van der Waals surface area contributed by atoms with Crippen LogP contribution in [0.3, 0.4) is 0 Å². The van der Waals surface area contributed by atoms with Crippen molar-refractivity contribution in [1.82, 2.24) is 5.32 Å². The van der Waals surface area contributed by atoms with Gasteiger partial charge >= 0.3 is 0 Å². The number of hydrogen-bond acceptors (Lipinski definition) is 2. The molecule has 0 aromatic carbocycles. The summed E-state index contributed by atoms with van der Waals surface area (Å²) in [4.78, 5) is 0. The van der Waals surface area contributed by atoms with Crippen molar-refractivity contribution < 1.29 is 4.74 Å². The molecule has 14 heavy (non-hydrogen) atoms. The molecule has 1 fully saturated rings. The van der Waals surface area contributed by atoms with Gasteiger partial charge < -0.3 is 10.1 Å². The third kappa shape index (κ3) is 3.58. The second-order valence-electron chi connectivity index (χ2n) is 4.58. The first-order valence-electron chi connectivity index (χ1n) is 5.98. The van der Waals surface area contributed by atoms with E-state index in [-0.39, 0.29) is 0 Å². The lowest BCUT2D eigenvalue weighted by Crippen LogP contribution is -2.37. The Bertz CT molecular complexity index is 143. The first-order valence-corrected chi connectivity index (χ1v) is 5.98. The molecule has 2 nitrogen and oxygen atoms in total. The third-order valence-electron chi connectivity index (χ3n) is 3.58. The topological polar surface area (TPSA) is 21.3 Å². The van der Waals surface area contributed by atoms with Gasteiger partial charge in [0.1, 0.15) is 0 Å². The summed E-state index contributed by atoms with van der Waals surface area (Å²) in [6.45, 7) is 2.16. The van der Waals surface area contributed by atoms with E-state index in [0.717, 1.165) is 12.3 Å². The highest BCUT2D eigenvalue weighted by molar-refractivity contribution is 4.79. The van der Waals surface area contributed by atoms with Gasteiger partial charge in [-0.3, -0.25) is 0 Å². The second-order valence-corrected chi connectivity index (χ2v) is 4.58. The highest BCUT2D eigenvalue weighted by atomic mass is 16.5. The van der Waals surface area contributed by atoms with Crippen molar-refractivity contribution >= 4 is 0 Å². The molecule has 0 radical (unpaired) electrons. The van der Waals surface area contributed by atoms with Crippen molar-refractivity contribution in [2.75, 3.05) is 14.2 Å². The SMILES string of the molecule is CNC(CC(C)OC)C1CCCCC1. The van der Waals surface area contributed by atoms with Crippen molar-refractivity contribution in [3.8, 4) is 0 Å². The molecule has 0 aliphatic heterocycles. The van der Waals surface area contributed by atoms with Crippen LogP contribution in [0, 0.1) is 5.92 Å². The highest BCUT2D eigenvalue weighted by Crippen LogP contribution is 2.28. The van der Waals surface area contributed by atoms with Gasteiger partial charge in [-0.15, -0.1) is 0 Å². The summed E-state index contributed by atoms with van der Waals surface area (Å²) in [7, 11) is 3.89. The summed E-state index contributed by atoms with van der Waals surface area (Å²) in [6, 6.07) is 0.658. The monoisotopic (exact) mass is 199 g/mol. The van der Waals surface area contributed by atoms with Crippen molar-refractivity contribution in [1.29, 1.82) is 0 Å². The van der Waals surface area contributed by atoms with Crippen molar-refractivity contribution in [3.05, 3.63) is 0 Å². The zero-order chi connectivity index (χ0) is 10.4. The summed E-state index contributed by atoms with van der Waals surface area (Å²) in [6.07, 6.45) is 8.62. The Morgan fingerprint density at radius 2 is 1.93 bits per heavy atom. The van der Waals surface area contributed by atoms with Crippen LogP contribution in [0.5, 0.6) is 0 Å². The molecule has 2 unspecified atom stereocenters. The normalized spacial score (nSPS) is 23.4. The molecule has 0 heterocycles. The van der Waals surface area contributed by atoms with E-state index in [1.54, 1.807) is 7.11 Å². The van der Waals surface area contributed by atoms with Gasteiger partial charge in [0.25, 0.3) is 0 Å². The lowest BCUT2D eigenvalue weighted by atomic mass is 9.82. The van der Waals surface area contributed by atoms with E-state index >= 15 is 0 Å². The minimum Gasteiger partial charge on any atom is -0.382 e. The lowest BCUT2D eigenvalue weighted by Gasteiger charge is -2.31. The van der Waals surface area contributed by atoms with Crippen LogP contribution in [0.2, 0.25) is 0 Å². The summed E-state index contributed by atoms with van der Waals surface area (Å²) < 4.78 is 5.33. The third-order valence-corrected chi connectivity index (χ3v) is 3.58. The first kappa shape index (κ1) is 12.0. The minimum absolute atomic E-state index is 0.384. The van der Waals surface area contributed by atoms with Gasteiger partial charge in [-0.2, -0.15) is 0 Å². The smallest absolute Gasteiger partial charge is 0.0558 e. The van der Waals surface area contributed by atoms with Crippen LogP contribution in [0.25, 0.3) is 0 Å². The molecule has 0 bridgehead atoms. The maximum atomic E-state index is 5.33. The Morgan fingerprint density at radius 3 is 2.43 bits per heavy atom. The van der Waals surface area contributed by atoms with Gasteiger partial charge in [-0.05, 0) is 39.2 Å². The number of rotatable bonds is 5. The first-order chi connectivity index (χ1) is 6.77. The van der Waals surface area contributed by atoms with Gasteiger partial charge in [0.05, 0.1) is 6.10 Å². The van der Waals surface area contributed by atoms with E-state index in [4.69, 9.17) is 4.74 Å². The van der Waals surface area contributed by atoms with Gasteiger partial charge in [0.15, 0.2) is 0 Å². The second kappa shape index (κ2) is 6.41. The van der Waals surface area contributed by atoms with Gasteiger partial charge in [0.2, 0.25) is 0 Å². The lowest BCUT2D eigenvalue weighted by molar-refractivity contribution is 0.0888. The van der Waals surface area contributed by atoms with Crippen LogP contribution < -0.4 is 5.32 Å². The Balaban J connectivity index is 2.35. The zero-order valence-corrected chi connectivity index (χ0v) is 9.88. The Hall–Kier alpha value is -0.0800. The number of ether oxygens (including phenoxy) is 1. The standard InChI is InChI=1S/C12H25NO/c1-10(14-3)9-12(13-2)11-7-5-4-6-8-11/h10-13H,4-9H2,1-3H3. The van der Waals surface area contributed by atoms with Crippen LogP contribution in [0.1, 0.15) is 45.4 Å². The molecule has 2 heteroatoms. The Kier molecular flexibility index (Phi) is 5.49. The molecule has 0 amide bonds. The molecule has 1 aliphatic carbocycles. The molecular weight excluding hydrogens is 174 g/mol. The van der Waals surface area contributed by atoms with Crippen LogP contribution >= 0.6 is 0 Å². The molecule has 0 aromatic heterocycles. The molecule has 0 spiro atoms. The number of nitrogens with one attached hydrogen (secondary N) is 1. The molecule has 1 aliphatic rings. The fourth-order valence-corrected chi connectivity index (χ4v) is 2.54. The molecule has 0 aromatic rings. The van der Waals surface area contributed by atoms with E-state index in [1.807, 2.05) is 0 Å². The van der Waals surface area contributed by atoms with Crippen molar-refractivity contribution in [2.24, 2.45) is 5.92 Å². The predicted molar refractivity (Wildman–Crippen MR) is 60.5 cm³/mol. The van der Waals surface area contributed by atoms with Crippen LogP contribution in [0.15, 0.2) is 0 Å². The summed E-state index contributed by atoms with van der Waals surface area (Å²) in [5.41, 5.74) is 0. The maximum Gasteiger partial charge on any atom is 0.0558 e. The zero-order valence-electron chi connectivity index (χ0n) is 9.88. The number of hydrogen-bond donors (Lipinski definition) is 1. The van der Waals surface area contributed by atoms with Crippen molar-refractivity contribution in [2.45, 2.75) is 57.6 Å². The van der Waals surface area contributed by atoms with Crippen LogP contribution in [-0.2, 0) is 4.74 Å². The fraction of sp³-hybridized carbons (Fsp3) is 1.00. The van der Waals surface area contributed by atoms with E-state index < -0.39 is 0 Å². The predicted octanol–water partition coefficient (Wildman–Crippen LogP) is 2.58. The molecule has 0 saturated heterocycles. The average molecular weight is 199 g/mol. The average Bonchev–Trinajstić information content (AvgIpc) is 2.26. The summed E-state index contributed by atoms with van der Waals surface area (Å²) in [5, 5.41) is 3.46. The number of methoxy groups -OCH3 is 1. The fourth-order valence-electron chi connectivity index (χ4n) is 2.54. The van der Waals surface area contributed by atoms with Gasteiger partial charge in [-0.25, -0.2) is 0 Å². The van der Waals surface area contributed by atoms with E-state index in [0.29, 0.717) is 12.1 Å². The summed E-state index contributed by atoms with van der Waals surface area (Å²) >= 11 is 0. The molecule has 1 saturated carbocycles. The Labute approximate surface area is 88.4 Å². The van der Waals surface area contributed by atoms with Gasteiger partial charge in [-0.1, -0.05) is 19.3 Å². The molecular formula is C12H25NO. The quantitative estimate of drug-likeness (QED) is 0.735. The molecule has 1 rings (SSSR count). The maximum absolute atomic E-state index is 5.33. The van der Waals surface area contributed by atoms with E-state index in [2.05, 4.69) is 19.3 Å². The van der Waals surface area contributed by atoms with Gasteiger partial charge in [0, 0.05) is 13.2 Å². The highest BCUT2D eigenvalue weighted by Gasteiger charge is 2.23. The Morgan fingerprint density at radius 1 is 1.29 bits per heavy atom. The van der Waals surface area contributed by atoms with Crippen LogP contribution in [-0.4, -0.2) is 26.3 Å².